The number of carbonyl (C=O) groups excluding carboxylic acids is 1. The zero-order valence-electron chi connectivity index (χ0n) is 13.8. The maximum absolute atomic E-state index is 13.7. The van der Waals surface area contributed by atoms with Crippen molar-refractivity contribution in [2.75, 3.05) is 6.61 Å². The Morgan fingerprint density at radius 2 is 2.17 bits per heavy atom. The molecule has 0 saturated heterocycles. The van der Waals surface area contributed by atoms with E-state index in [2.05, 4.69) is 18.8 Å². The molecule has 0 aliphatic heterocycles. The van der Waals surface area contributed by atoms with Crippen molar-refractivity contribution in [2.45, 2.75) is 39.0 Å². The van der Waals surface area contributed by atoms with Crippen molar-refractivity contribution in [3.8, 4) is 0 Å². The molecular formula is C19H22FNO2. The summed E-state index contributed by atoms with van der Waals surface area (Å²) < 4.78 is 18.9. The molecule has 4 heteroatoms. The van der Waals surface area contributed by atoms with Crippen LogP contribution in [0.25, 0.3) is 10.9 Å². The van der Waals surface area contributed by atoms with Gasteiger partial charge < -0.3 is 4.74 Å². The van der Waals surface area contributed by atoms with Gasteiger partial charge in [-0.25, -0.2) is 4.39 Å². The van der Waals surface area contributed by atoms with E-state index < -0.39 is 0 Å². The number of rotatable bonds is 3. The number of hydrogen-bond donors (Lipinski definition) is 0. The zero-order chi connectivity index (χ0) is 16.6. The fourth-order valence-electron chi connectivity index (χ4n) is 4.05. The molecule has 1 fully saturated rings. The van der Waals surface area contributed by atoms with E-state index in [0.717, 1.165) is 29.3 Å². The second-order valence-electron chi connectivity index (χ2n) is 6.82. The van der Waals surface area contributed by atoms with E-state index in [1.165, 1.54) is 6.07 Å². The maximum atomic E-state index is 13.7. The number of nitrogens with zero attached hydrogens (tertiary/aromatic N) is 1. The van der Waals surface area contributed by atoms with Crippen LogP contribution in [0.4, 0.5) is 4.39 Å². The number of aromatic nitrogens is 1. The standard InChI is InChI=1S/C19H22FNO2/c1-4-23-18(22)15-11-19(3,10-12(15)2)16-7-8-21-17-6-5-13(20)9-14(16)17/h5-9,12,15H,4,10-11H2,1-3H3/t12-,15+,19?/m0/s1. The first-order valence-corrected chi connectivity index (χ1v) is 8.16. The molecule has 1 aromatic heterocycles. The summed E-state index contributed by atoms with van der Waals surface area (Å²) >= 11 is 0. The van der Waals surface area contributed by atoms with E-state index in [1.807, 2.05) is 13.0 Å². The fraction of sp³-hybridized carbons (Fsp3) is 0.474. The van der Waals surface area contributed by atoms with Crippen LogP contribution >= 0.6 is 0 Å². The van der Waals surface area contributed by atoms with Crippen LogP contribution in [-0.2, 0) is 14.9 Å². The third kappa shape index (κ3) is 2.82. The topological polar surface area (TPSA) is 39.2 Å². The number of fused-ring (bicyclic) bond motifs is 1. The summed E-state index contributed by atoms with van der Waals surface area (Å²) in [6, 6.07) is 6.65. The average molecular weight is 315 g/mol. The molecule has 0 radical (unpaired) electrons. The van der Waals surface area contributed by atoms with Crippen LogP contribution in [0.2, 0.25) is 0 Å². The normalized spacial score (nSPS) is 27.3. The van der Waals surface area contributed by atoms with Gasteiger partial charge in [-0.15, -0.1) is 0 Å². The number of carbonyl (C=O) groups is 1. The molecule has 0 amide bonds. The first kappa shape index (κ1) is 15.9. The van der Waals surface area contributed by atoms with Crippen LogP contribution in [0.3, 0.4) is 0 Å². The van der Waals surface area contributed by atoms with Gasteiger partial charge in [-0.3, -0.25) is 9.78 Å². The number of halogens is 1. The van der Waals surface area contributed by atoms with Crippen molar-refractivity contribution >= 4 is 16.9 Å². The van der Waals surface area contributed by atoms with E-state index in [-0.39, 0.29) is 29.0 Å². The smallest absolute Gasteiger partial charge is 0.309 e. The number of hydrogen-bond acceptors (Lipinski definition) is 3. The predicted octanol–water partition coefficient (Wildman–Crippen LogP) is 4.24. The van der Waals surface area contributed by atoms with Crippen LogP contribution in [0.5, 0.6) is 0 Å². The second-order valence-corrected chi connectivity index (χ2v) is 6.82. The number of esters is 1. The van der Waals surface area contributed by atoms with Gasteiger partial charge in [0.2, 0.25) is 0 Å². The van der Waals surface area contributed by atoms with Gasteiger partial charge in [-0.2, -0.15) is 0 Å². The summed E-state index contributed by atoms with van der Waals surface area (Å²) in [6.07, 6.45) is 3.37. The lowest BCUT2D eigenvalue weighted by Crippen LogP contribution is -2.22. The van der Waals surface area contributed by atoms with Crippen molar-refractivity contribution in [1.82, 2.24) is 4.98 Å². The Kier molecular flexibility index (Phi) is 4.09. The van der Waals surface area contributed by atoms with Crippen LogP contribution in [0.15, 0.2) is 30.5 Å². The largest absolute Gasteiger partial charge is 0.466 e. The molecule has 1 aliphatic rings. The Balaban J connectivity index is 2.01. The lowest BCUT2D eigenvalue weighted by Gasteiger charge is -2.26. The van der Waals surface area contributed by atoms with E-state index in [4.69, 9.17) is 4.74 Å². The summed E-state index contributed by atoms with van der Waals surface area (Å²) in [4.78, 5) is 16.5. The summed E-state index contributed by atoms with van der Waals surface area (Å²) in [5.41, 5.74) is 1.68. The minimum absolute atomic E-state index is 0.100. The molecule has 0 bridgehead atoms. The summed E-state index contributed by atoms with van der Waals surface area (Å²) in [6.45, 7) is 6.48. The molecule has 3 rings (SSSR count). The molecule has 3 atom stereocenters. The Morgan fingerprint density at radius 1 is 1.39 bits per heavy atom. The van der Waals surface area contributed by atoms with Crippen LogP contribution in [0, 0.1) is 17.7 Å². The number of ether oxygens (including phenoxy) is 1. The number of pyridine rings is 1. The van der Waals surface area contributed by atoms with Gasteiger partial charge in [-0.05, 0) is 60.9 Å². The Labute approximate surface area is 135 Å². The minimum Gasteiger partial charge on any atom is -0.466 e. The first-order valence-electron chi connectivity index (χ1n) is 8.16. The van der Waals surface area contributed by atoms with Crippen molar-refractivity contribution in [2.24, 2.45) is 11.8 Å². The van der Waals surface area contributed by atoms with Gasteiger partial charge in [0.05, 0.1) is 18.0 Å². The van der Waals surface area contributed by atoms with Crippen LogP contribution < -0.4 is 0 Å². The van der Waals surface area contributed by atoms with Crippen molar-refractivity contribution < 1.29 is 13.9 Å². The van der Waals surface area contributed by atoms with Crippen LogP contribution in [-0.4, -0.2) is 17.6 Å². The van der Waals surface area contributed by atoms with Gasteiger partial charge in [0.25, 0.3) is 0 Å². The quantitative estimate of drug-likeness (QED) is 0.795. The molecule has 3 nitrogen and oxygen atoms in total. The molecule has 1 aromatic carbocycles. The Hall–Kier alpha value is -1.97. The summed E-state index contributed by atoms with van der Waals surface area (Å²) in [5.74, 6) is -0.232. The molecule has 0 spiro atoms. The average Bonchev–Trinajstić information content (AvgIpc) is 2.83. The molecular weight excluding hydrogens is 293 g/mol. The third-order valence-corrected chi connectivity index (χ3v) is 5.07. The lowest BCUT2D eigenvalue weighted by molar-refractivity contribution is -0.149. The van der Waals surface area contributed by atoms with Gasteiger partial charge in [-0.1, -0.05) is 13.8 Å². The lowest BCUT2D eigenvalue weighted by atomic mass is 9.78. The highest BCUT2D eigenvalue weighted by atomic mass is 19.1. The van der Waals surface area contributed by atoms with Gasteiger partial charge in [0.15, 0.2) is 0 Å². The minimum atomic E-state index is -0.261. The van der Waals surface area contributed by atoms with Gasteiger partial charge in [0, 0.05) is 11.6 Å². The highest BCUT2D eigenvalue weighted by molar-refractivity contribution is 5.83. The zero-order valence-corrected chi connectivity index (χ0v) is 13.8. The van der Waals surface area contributed by atoms with E-state index in [0.29, 0.717) is 6.61 Å². The van der Waals surface area contributed by atoms with Crippen LogP contribution in [0.1, 0.15) is 39.2 Å². The predicted molar refractivity (Wildman–Crippen MR) is 87.6 cm³/mol. The van der Waals surface area contributed by atoms with Crippen molar-refractivity contribution in [3.63, 3.8) is 0 Å². The van der Waals surface area contributed by atoms with E-state index in [1.54, 1.807) is 18.3 Å². The molecule has 23 heavy (non-hydrogen) atoms. The SMILES string of the molecule is CCOC(=O)[C@@H]1CC(C)(c2ccnc3ccc(F)cc23)C[C@@H]1C. The Morgan fingerprint density at radius 3 is 2.91 bits per heavy atom. The van der Waals surface area contributed by atoms with Gasteiger partial charge >= 0.3 is 5.97 Å². The molecule has 1 saturated carbocycles. The molecule has 0 N–H and O–H groups in total. The number of benzene rings is 1. The molecule has 1 heterocycles. The molecule has 1 aliphatic carbocycles. The first-order chi connectivity index (χ1) is 10.9. The van der Waals surface area contributed by atoms with Crippen molar-refractivity contribution in [1.29, 1.82) is 0 Å². The van der Waals surface area contributed by atoms with Crippen molar-refractivity contribution in [3.05, 3.63) is 41.8 Å². The molecule has 1 unspecified atom stereocenters. The second kappa shape index (κ2) is 5.91. The van der Waals surface area contributed by atoms with E-state index >= 15 is 0 Å². The van der Waals surface area contributed by atoms with Gasteiger partial charge in [0.1, 0.15) is 5.82 Å². The summed E-state index contributed by atoms with van der Waals surface area (Å²) in [5, 5.41) is 0.840. The fourth-order valence-corrected chi connectivity index (χ4v) is 4.05. The molecule has 2 aromatic rings. The highest BCUT2D eigenvalue weighted by Gasteiger charge is 2.45. The summed E-state index contributed by atoms with van der Waals surface area (Å²) in [7, 11) is 0. The molecule has 122 valence electrons. The van der Waals surface area contributed by atoms with E-state index in [9.17, 15) is 9.18 Å². The maximum Gasteiger partial charge on any atom is 0.309 e. The monoisotopic (exact) mass is 315 g/mol. The Bertz CT molecular complexity index is 745. The highest BCUT2D eigenvalue weighted by Crippen LogP contribution is 2.49. The third-order valence-electron chi connectivity index (χ3n) is 5.07.